The molecule has 0 aliphatic heterocycles. The second kappa shape index (κ2) is 8.94. The monoisotopic (exact) mass is 268 g/mol. The van der Waals surface area contributed by atoms with Crippen molar-refractivity contribution in [2.24, 2.45) is 0 Å². The van der Waals surface area contributed by atoms with E-state index >= 15 is 0 Å². The highest BCUT2D eigenvalue weighted by Gasteiger charge is 2.29. The second-order valence-corrected chi connectivity index (χ2v) is 5.49. The first-order chi connectivity index (χ1) is 9.17. The van der Waals surface area contributed by atoms with E-state index in [-0.39, 0.29) is 23.9 Å². The number of nitrogens with one attached hydrogen (secondary N) is 2. The molecule has 0 heterocycles. The van der Waals surface area contributed by atoms with Crippen molar-refractivity contribution in [1.82, 2.24) is 10.6 Å². The highest BCUT2D eigenvalue weighted by molar-refractivity contribution is 5.77. The Morgan fingerprint density at radius 1 is 0.895 bits per heavy atom. The van der Waals surface area contributed by atoms with E-state index in [1.165, 1.54) is 0 Å². The molecular formula is C15H28N2O2. The first-order valence-electron chi connectivity index (χ1n) is 7.76. The van der Waals surface area contributed by atoms with Crippen LogP contribution in [0.15, 0.2) is 0 Å². The molecule has 110 valence electrons. The summed E-state index contributed by atoms with van der Waals surface area (Å²) in [5.74, 6) is 0.253. The number of unbranched alkanes of at least 4 members (excludes halogenated alkanes) is 2. The van der Waals surface area contributed by atoms with Crippen molar-refractivity contribution in [3.63, 3.8) is 0 Å². The number of hydrogen-bond acceptors (Lipinski definition) is 2. The van der Waals surface area contributed by atoms with E-state index < -0.39 is 0 Å². The molecule has 0 bridgehead atoms. The van der Waals surface area contributed by atoms with Gasteiger partial charge in [-0.3, -0.25) is 9.59 Å². The first-order valence-corrected chi connectivity index (χ1v) is 7.76. The normalized spacial score (nSPS) is 22.2. The van der Waals surface area contributed by atoms with Gasteiger partial charge in [-0.15, -0.1) is 0 Å². The van der Waals surface area contributed by atoms with Crippen LogP contribution in [0.25, 0.3) is 0 Å². The Balaban J connectivity index is 2.32. The third-order valence-electron chi connectivity index (χ3n) is 3.72. The predicted octanol–water partition coefficient (Wildman–Crippen LogP) is 2.52. The molecule has 2 atom stereocenters. The molecule has 1 fully saturated rings. The molecule has 1 saturated carbocycles. The molecule has 19 heavy (non-hydrogen) atoms. The zero-order valence-electron chi connectivity index (χ0n) is 12.3. The highest BCUT2D eigenvalue weighted by Crippen LogP contribution is 2.19. The lowest BCUT2D eigenvalue weighted by atomic mass is 10.1. The van der Waals surface area contributed by atoms with Crippen LogP contribution in [0.2, 0.25) is 0 Å². The summed E-state index contributed by atoms with van der Waals surface area (Å²) >= 11 is 0. The van der Waals surface area contributed by atoms with Crippen LogP contribution < -0.4 is 10.6 Å². The van der Waals surface area contributed by atoms with Crippen molar-refractivity contribution < 1.29 is 9.59 Å². The fraction of sp³-hybridized carbons (Fsp3) is 0.867. The third-order valence-corrected chi connectivity index (χ3v) is 3.72. The van der Waals surface area contributed by atoms with Gasteiger partial charge in [0.25, 0.3) is 0 Å². The summed E-state index contributed by atoms with van der Waals surface area (Å²) < 4.78 is 0. The Morgan fingerprint density at radius 3 is 1.68 bits per heavy atom. The summed E-state index contributed by atoms with van der Waals surface area (Å²) in [5, 5.41) is 6.14. The molecule has 0 aromatic carbocycles. The van der Waals surface area contributed by atoms with Crippen molar-refractivity contribution in [2.75, 3.05) is 0 Å². The molecule has 0 aromatic heterocycles. The van der Waals surface area contributed by atoms with Crippen molar-refractivity contribution in [1.29, 1.82) is 0 Å². The Bertz CT molecular complexity index is 264. The Hall–Kier alpha value is -1.06. The maximum atomic E-state index is 11.7. The van der Waals surface area contributed by atoms with Crippen molar-refractivity contribution in [3.8, 4) is 0 Å². The first kappa shape index (κ1) is 16.0. The van der Waals surface area contributed by atoms with Crippen LogP contribution in [-0.4, -0.2) is 23.9 Å². The largest absolute Gasteiger partial charge is 0.351 e. The standard InChI is InChI=1S/C15H28N2O2/c1-3-5-10-14(18)16-12-8-7-9-13(12)17-15(19)11-6-4-2/h12-13H,3-11H2,1-2H3,(H,16,18)(H,17,19). The van der Waals surface area contributed by atoms with Gasteiger partial charge < -0.3 is 10.6 Å². The van der Waals surface area contributed by atoms with Gasteiger partial charge in [0.15, 0.2) is 0 Å². The maximum Gasteiger partial charge on any atom is 0.220 e. The van der Waals surface area contributed by atoms with E-state index in [4.69, 9.17) is 0 Å². The van der Waals surface area contributed by atoms with Crippen LogP contribution in [0.4, 0.5) is 0 Å². The molecule has 0 aromatic rings. The van der Waals surface area contributed by atoms with E-state index in [0.717, 1.165) is 44.9 Å². The molecule has 2 unspecified atom stereocenters. The minimum atomic E-state index is 0.126. The average Bonchev–Trinajstić information content (AvgIpc) is 2.81. The SMILES string of the molecule is CCCCC(=O)NC1CCCC1NC(=O)CCCC. The summed E-state index contributed by atoms with van der Waals surface area (Å²) in [7, 11) is 0. The molecule has 1 aliphatic rings. The number of hydrogen-bond donors (Lipinski definition) is 2. The lowest BCUT2D eigenvalue weighted by Crippen LogP contribution is -2.48. The van der Waals surface area contributed by atoms with E-state index in [0.29, 0.717) is 12.8 Å². The van der Waals surface area contributed by atoms with E-state index in [2.05, 4.69) is 24.5 Å². The average molecular weight is 268 g/mol. The summed E-state index contributed by atoms with van der Waals surface area (Å²) in [6.45, 7) is 4.17. The minimum absolute atomic E-state index is 0.126. The molecule has 2 N–H and O–H groups in total. The van der Waals surface area contributed by atoms with Gasteiger partial charge in [0.2, 0.25) is 11.8 Å². The van der Waals surface area contributed by atoms with Gasteiger partial charge in [-0.05, 0) is 32.1 Å². The van der Waals surface area contributed by atoms with Crippen LogP contribution in [0, 0.1) is 0 Å². The smallest absolute Gasteiger partial charge is 0.220 e. The molecule has 1 rings (SSSR count). The van der Waals surface area contributed by atoms with Crippen LogP contribution in [0.1, 0.15) is 71.6 Å². The van der Waals surface area contributed by atoms with Gasteiger partial charge in [0, 0.05) is 24.9 Å². The Labute approximate surface area is 116 Å². The minimum Gasteiger partial charge on any atom is -0.351 e. The van der Waals surface area contributed by atoms with Gasteiger partial charge in [-0.1, -0.05) is 26.7 Å². The van der Waals surface area contributed by atoms with Crippen LogP contribution in [-0.2, 0) is 9.59 Å². The molecule has 1 aliphatic carbocycles. The Morgan fingerprint density at radius 2 is 1.32 bits per heavy atom. The number of carbonyl (C=O) groups is 2. The van der Waals surface area contributed by atoms with E-state index in [9.17, 15) is 9.59 Å². The van der Waals surface area contributed by atoms with E-state index in [1.54, 1.807) is 0 Å². The molecular weight excluding hydrogens is 240 g/mol. The van der Waals surface area contributed by atoms with Gasteiger partial charge in [-0.25, -0.2) is 0 Å². The zero-order valence-corrected chi connectivity index (χ0v) is 12.3. The molecule has 2 amide bonds. The van der Waals surface area contributed by atoms with Crippen LogP contribution in [0.5, 0.6) is 0 Å². The van der Waals surface area contributed by atoms with Crippen LogP contribution in [0.3, 0.4) is 0 Å². The van der Waals surface area contributed by atoms with Crippen molar-refractivity contribution in [2.45, 2.75) is 83.7 Å². The second-order valence-electron chi connectivity index (χ2n) is 5.49. The fourth-order valence-corrected chi connectivity index (χ4v) is 2.54. The summed E-state index contributed by atoms with van der Waals surface area (Å²) in [6, 6.07) is 0.268. The Kier molecular flexibility index (Phi) is 7.53. The molecule has 0 radical (unpaired) electrons. The lowest BCUT2D eigenvalue weighted by Gasteiger charge is -2.22. The highest BCUT2D eigenvalue weighted by atomic mass is 16.2. The summed E-state index contributed by atoms with van der Waals surface area (Å²) in [5.41, 5.74) is 0. The number of carbonyl (C=O) groups excluding carboxylic acids is 2. The van der Waals surface area contributed by atoms with E-state index in [1.807, 2.05) is 0 Å². The zero-order chi connectivity index (χ0) is 14.1. The van der Waals surface area contributed by atoms with Gasteiger partial charge in [-0.2, -0.15) is 0 Å². The van der Waals surface area contributed by atoms with Crippen molar-refractivity contribution in [3.05, 3.63) is 0 Å². The quantitative estimate of drug-likeness (QED) is 0.710. The van der Waals surface area contributed by atoms with Gasteiger partial charge in [0.1, 0.15) is 0 Å². The molecule has 4 nitrogen and oxygen atoms in total. The summed E-state index contributed by atoms with van der Waals surface area (Å²) in [6.07, 6.45) is 8.19. The van der Waals surface area contributed by atoms with Gasteiger partial charge in [0.05, 0.1) is 0 Å². The molecule has 0 spiro atoms. The molecule has 4 heteroatoms. The molecule has 0 saturated heterocycles. The van der Waals surface area contributed by atoms with Crippen LogP contribution >= 0.6 is 0 Å². The maximum absolute atomic E-state index is 11.7. The summed E-state index contributed by atoms with van der Waals surface area (Å²) in [4.78, 5) is 23.5. The number of rotatable bonds is 8. The fourth-order valence-electron chi connectivity index (χ4n) is 2.54. The van der Waals surface area contributed by atoms with Crippen molar-refractivity contribution >= 4 is 11.8 Å². The lowest BCUT2D eigenvalue weighted by molar-refractivity contribution is -0.124. The third kappa shape index (κ3) is 6.08. The number of amides is 2. The predicted molar refractivity (Wildman–Crippen MR) is 76.8 cm³/mol. The topological polar surface area (TPSA) is 58.2 Å². The van der Waals surface area contributed by atoms with Gasteiger partial charge >= 0.3 is 0 Å².